The van der Waals surface area contributed by atoms with E-state index < -0.39 is 6.61 Å². The van der Waals surface area contributed by atoms with E-state index in [1.807, 2.05) is 0 Å². The highest BCUT2D eigenvalue weighted by molar-refractivity contribution is 4.82. The summed E-state index contributed by atoms with van der Waals surface area (Å²) in [6, 6.07) is 0.0775. The molecule has 0 aliphatic heterocycles. The minimum atomic E-state index is -2.64. The second kappa shape index (κ2) is 2.58. The van der Waals surface area contributed by atoms with Gasteiger partial charge in [0.05, 0.1) is 6.10 Å². The molecule has 0 aromatic rings. The average Bonchev–Trinajstić information content (AvgIpc) is 1.60. The summed E-state index contributed by atoms with van der Waals surface area (Å²) in [5, 5.41) is 0. The van der Waals surface area contributed by atoms with Crippen molar-refractivity contribution in [1.29, 1.82) is 0 Å². The molecule has 1 aliphatic carbocycles. The molecule has 1 rings (SSSR count). The van der Waals surface area contributed by atoms with Gasteiger partial charge in [-0.3, -0.25) is 0 Å². The molecule has 0 unspecified atom stereocenters. The Morgan fingerprint density at radius 1 is 1.44 bits per heavy atom. The van der Waals surface area contributed by atoms with Gasteiger partial charge in [0.25, 0.3) is 0 Å². The van der Waals surface area contributed by atoms with E-state index >= 15 is 0 Å². The van der Waals surface area contributed by atoms with Gasteiger partial charge in [-0.2, -0.15) is 8.78 Å². The monoisotopic (exact) mass is 137 g/mol. The Bertz CT molecular complexity index is 93.0. The summed E-state index contributed by atoms with van der Waals surface area (Å²) in [4.78, 5) is 0. The van der Waals surface area contributed by atoms with Gasteiger partial charge in [-0.25, -0.2) is 0 Å². The van der Waals surface area contributed by atoms with Gasteiger partial charge in [0.2, 0.25) is 0 Å². The third-order valence-corrected chi connectivity index (χ3v) is 1.43. The normalized spacial score (nSPS) is 34.7. The van der Waals surface area contributed by atoms with E-state index in [2.05, 4.69) is 4.74 Å². The van der Waals surface area contributed by atoms with Gasteiger partial charge in [-0.05, 0) is 12.8 Å². The lowest BCUT2D eigenvalue weighted by molar-refractivity contribution is -0.183. The maximum absolute atomic E-state index is 11.4. The van der Waals surface area contributed by atoms with Crippen LogP contribution < -0.4 is 5.73 Å². The Morgan fingerprint density at radius 3 is 2.33 bits per heavy atom. The van der Waals surface area contributed by atoms with Gasteiger partial charge >= 0.3 is 6.61 Å². The van der Waals surface area contributed by atoms with Crippen molar-refractivity contribution in [2.75, 3.05) is 0 Å². The summed E-state index contributed by atoms with van der Waals surface area (Å²) in [7, 11) is 0. The molecule has 0 aromatic heterocycles. The molecule has 1 saturated carbocycles. The van der Waals surface area contributed by atoms with Crippen molar-refractivity contribution >= 4 is 0 Å². The molecule has 0 bridgehead atoms. The molecular weight excluding hydrogens is 128 g/mol. The van der Waals surface area contributed by atoms with E-state index in [9.17, 15) is 8.78 Å². The van der Waals surface area contributed by atoms with Crippen LogP contribution in [0.4, 0.5) is 8.78 Å². The predicted octanol–water partition coefficient (Wildman–Crippen LogP) is 0.715. The van der Waals surface area contributed by atoms with E-state index in [1.165, 1.54) is 0 Å². The lowest BCUT2D eigenvalue weighted by atomic mass is 9.90. The van der Waals surface area contributed by atoms with Crippen LogP contribution in [0, 0.1) is 0 Å². The fourth-order valence-electron chi connectivity index (χ4n) is 0.863. The molecule has 1 aliphatic rings. The van der Waals surface area contributed by atoms with Crippen molar-refractivity contribution in [3.05, 3.63) is 0 Å². The maximum Gasteiger partial charge on any atom is 0.345 e. The topological polar surface area (TPSA) is 35.2 Å². The first-order valence-electron chi connectivity index (χ1n) is 2.87. The quantitative estimate of drug-likeness (QED) is 0.608. The van der Waals surface area contributed by atoms with Crippen LogP contribution in [0.25, 0.3) is 0 Å². The molecule has 0 radical (unpaired) electrons. The molecule has 4 heteroatoms. The van der Waals surface area contributed by atoms with Crippen molar-refractivity contribution in [3.8, 4) is 0 Å². The molecule has 0 atom stereocenters. The molecule has 0 amide bonds. The standard InChI is InChI=1S/C5H9F2NO/c6-5(7)9-4-1-3(8)2-4/h3-5H,1-2,8H2. The van der Waals surface area contributed by atoms with E-state index in [4.69, 9.17) is 5.73 Å². The molecule has 0 saturated heterocycles. The van der Waals surface area contributed by atoms with Crippen LogP contribution in [0.5, 0.6) is 0 Å². The van der Waals surface area contributed by atoms with Gasteiger partial charge < -0.3 is 10.5 Å². The Kier molecular flexibility index (Phi) is 1.97. The summed E-state index contributed by atoms with van der Waals surface area (Å²) in [5.74, 6) is 0. The van der Waals surface area contributed by atoms with Crippen molar-refractivity contribution in [2.24, 2.45) is 5.73 Å². The van der Waals surface area contributed by atoms with Gasteiger partial charge in [-0.15, -0.1) is 0 Å². The molecule has 54 valence electrons. The first-order chi connectivity index (χ1) is 4.18. The second-order valence-corrected chi connectivity index (χ2v) is 2.25. The summed E-state index contributed by atoms with van der Waals surface area (Å²) < 4.78 is 26.9. The van der Waals surface area contributed by atoms with Crippen LogP contribution in [0.2, 0.25) is 0 Å². The molecular formula is C5H9F2NO. The van der Waals surface area contributed by atoms with Crippen molar-refractivity contribution in [1.82, 2.24) is 0 Å². The van der Waals surface area contributed by atoms with Crippen LogP contribution in [-0.2, 0) is 4.74 Å². The fraction of sp³-hybridized carbons (Fsp3) is 1.00. The summed E-state index contributed by atoms with van der Waals surface area (Å²) >= 11 is 0. The maximum atomic E-state index is 11.4. The molecule has 0 heterocycles. The molecule has 0 spiro atoms. The minimum Gasteiger partial charge on any atom is -0.328 e. The SMILES string of the molecule is NC1CC(OC(F)F)C1. The highest BCUT2D eigenvalue weighted by Gasteiger charge is 2.28. The lowest BCUT2D eigenvalue weighted by Gasteiger charge is -2.31. The summed E-state index contributed by atoms with van der Waals surface area (Å²) in [6.45, 7) is -2.64. The minimum absolute atomic E-state index is 0.0775. The smallest absolute Gasteiger partial charge is 0.328 e. The number of hydrogen-bond donors (Lipinski definition) is 1. The first kappa shape index (κ1) is 6.89. The Balaban J connectivity index is 2.04. The third kappa shape index (κ3) is 1.87. The Morgan fingerprint density at radius 2 is 2.00 bits per heavy atom. The molecule has 0 aromatic carbocycles. The zero-order chi connectivity index (χ0) is 6.85. The fourth-order valence-corrected chi connectivity index (χ4v) is 0.863. The molecule has 1 fully saturated rings. The number of halogens is 2. The number of nitrogens with two attached hydrogens (primary N) is 1. The van der Waals surface area contributed by atoms with Crippen LogP contribution in [0.15, 0.2) is 0 Å². The van der Waals surface area contributed by atoms with Crippen LogP contribution in [0.3, 0.4) is 0 Å². The van der Waals surface area contributed by atoms with Crippen molar-refractivity contribution in [3.63, 3.8) is 0 Å². The van der Waals surface area contributed by atoms with Gasteiger partial charge in [0.1, 0.15) is 0 Å². The Labute approximate surface area is 52.0 Å². The van der Waals surface area contributed by atoms with Gasteiger partial charge in [0.15, 0.2) is 0 Å². The van der Waals surface area contributed by atoms with Gasteiger partial charge in [0, 0.05) is 6.04 Å². The van der Waals surface area contributed by atoms with Crippen molar-refractivity contribution in [2.45, 2.75) is 31.6 Å². The van der Waals surface area contributed by atoms with E-state index in [1.54, 1.807) is 0 Å². The number of alkyl halides is 2. The number of hydrogen-bond acceptors (Lipinski definition) is 2. The molecule has 2 N–H and O–H groups in total. The lowest BCUT2D eigenvalue weighted by Crippen LogP contribution is -2.42. The number of rotatable bonds is 2. The highest BCUT2D eigenvalue weighted by atomic mass is 19.3. The second-order valence-electron chi connectivity index (χ2n) is 2.25. The van der Waals surface area contributed by atoms with E-state index in [0.717, 1.165) is 0 Å². The third-order valence-electron chi connectivity index (χ3n) is 1.43. The zero-order valence-corrected chi connectivity index (χ0v) is 4.89. The van der Waals surface area contributed by atoms with Gasteiger partial charge in [-0.1, -0.05) is 0 Å². The zero-order valence-electron chi connectivity index (χ0n) is 4.89. The highest BCUT2D eigenvalue weighted by Crippen LogP contribution is 2.22. The largest absolute Gasteiger partial charge is 0.345 e. The summed E-state index contributed by atoms with van der Waals surface area (Å²) in [6.07, 6.45) is 0.856. The van der Waals surface area contributed by atoms with E-state index in [0.29, 0.717) is 12.8 Å². The first-order valence-corrected chi connectivity index (χ1v) is 2.87. The van der Waals surface area contributed by atoms with Crippen LogP contribution >= 0.6 is 0 Å². The van der Waals surface area contributed by atoms with Crippen LogP contribution in [0.1, 0.15) is 12.8 Å². The summed E-state index contributed by atoms with van der Waals surface area (Å²) in [5.41, 5.74) is 5.32. The van der Waals surface area contributed by atoms with Crippen molar-refractivity contribution < 1.29 is 13.5 Å². The average molecular weight is 137 g/mol. The van der Waals surface area contributed by atoms with Crippen LogP contribution in [-0.4, -0.2) is 18.8 Å². The molecule has 2 nitrogen and oxygen atoms in total. The Hall–Kier alpha value is -0.220. The molecule has 9 heavy (non-hydrogen) atoms. The number of ether oxygens (including phenoxy) is 1. The predicted molar refractivity (Wildman–Crippen MR) is 28.1 cm³/mol. The van der Waals surface area contributed by atoms with E-state index in [-0.39, 0.29) is 12.1 Å².